The minimum Gasteiger partial charge on any atom is -0.316 e. The zero-order valence-corrected chi connectivity index (χ0v) is 12.7. The van der Waals surface area contributed by atoms with E-state index in [-0.39, 0.29) is 11.7 Å². The van der Waals surface area contributed by atoms with E-state index in [1.54, 1.807) is 12.1 Å². The predicted molar refractivity (Wildman–Crippen MR) is 83.5 cm³/mol. The highest BCUT2D eigenvalue weighted by Crippen LogP contribution is 2.40. The highest BCUT2D eigenvalue weighted by Gasteiger charge is 2.30. The van der Waals surface area contributed by atoms with E-state index in [0.29, 0.717) is 5.92 Å². The van der Waals surface area contributed by atoms with Crippen molar-refractivity contribution in [2.75, 3.05) is 13.1 Å². The van der Waals surface area contributed by atoms with Gasteiger partial charge in [-0.15, -0.1) is 0 Å². The molecule has 2 aromatic rings. The van der Waals surface area contributed by atoms with Gasteiger partial charge in [-0.2, -0.15) is 0 Å². The van der Waals surface area contributed by atoms with Crippen LogP contribution in [-0.2, 0) is 0 Å². The number of halogens is 2. The Bertz CT molecular complexity index is 546. The molecule has 1 aliphatic rings. The van der Waals surface area contributed by atoms with Gasteiger partial charge in [0, 0.05) is 16.9 Å². The smallest absolute Gasteiger partial charge is 0.126 e. The van der Waals surface area contributed by atoms with Gasteiger partial charge in [-0.3, -0.25) is 0 Å². The van der Waals surface area contributed by atoms with Crippen molar-refractivity contribution in [1.29, 1.82) is 0 Å². The van der Waals surface area contributed by atoms with Crippen molar-refractivity contribution in [3.05, 3.63) is 69.9 Å². The van der Waals surface area contributed by atoms with E-state index in [1.807, 2.05) is 24.3 Å². The zero-order valence-electron chi connectivity index (χ0n) is 11.2. The standard InChI is InChI=1S/C17H17BrFN/c18-16-7-3-1-5-13(16)15-11-20-10-9-12(15)14-6-2-4-8-17(14)19/h1-8,12,15,20H,9-11H2. The van der Waals surface area contributed by atoms with Gasteiger partial charge < -0.3 is 5.32 Å². The molecule has 104 valence electrons. The molecule has 20 heavy (non-hydrogen) atoms. The van der Waals surface area contributed by atoms with Crippen LogP contribution in [0, 0.1) is 5.82 Å². The maximum atomic E-state index is 14.1. The van der Waals surface area contributed by atoms with Crippen molar-refractivity contribution in [2.45, 2.75) is 18.3 Å². The highest BCUT2D eigenvalue weighted by molar-refractivity contribution is 9.10. The molecule has 0 amide bonds. The van der Waals surface area contributed by atoms with E-state index < -0.39 is 0 Å². The first-order chi connectivity index (χ1) is 9.77. The second-order valence-corrected chi connectivity index (χ2v) is 6.10. The molecule has 2 unspecified atom stereocenters. The summed E-state index contributed by atoms with van der Waals surface area (Å²) in [5, 5.41) is 3.44. The van der Waals surface area contributed by atoms with Gasteiger partial charge in [0.25, 0.3) is 0 Å². The van der Waals surface area contributed by atoms with E-state index in [2.05, 4.69) is 33.4 Å². The number of piperidine rings is 1. The Balaban J connectivity index is 2.00. The molecule has 0 saturated carbocycles. The fraction of sp³-hybridized carbons (Fsp3) is 0.294. The minimum atomic E-state index is -0.0866. The molecule has 0 aliphatic carbocycles. The van der Waals surface area contributed by atoms with E-state index >= 15 is 0 Å². The summed E-state index contributed by atoms with van der Waals surface area (Å²) in [6.45, 7) is 1.83. The van der Waals surface area contributed by atoms with Crippen LogP contribution in [0.2, 0.25) is 0 Å². The molecule has 1 saturated heterocycles. The molecule has 1 heterocycles. The molecule has 1 aliphatic heterocycles. The second-order valence-electron chi connectivity index (χ2n) is 5.25. The summed E-state index contributed by atoms with van der Waals surface area (Å²) in [6, 6.07) is 15.4. The Kier molecular flexibility index (Phi) is 4.18. The van der Waals surface area contributed by atoms with E-state index in [4.69, 9.17) is 0 Å². The highest BCUT2D eigenvalue weighted by atomic mass is 79.9. The second kappa shape index (κ2) is 6.06. The predicted octanol–water partition coefficient (Wildman–Crippen LogP) is 4.45. The minimum absolute atomic E-state index is 0.0866. The van der Waals surface area contributed by atoms with Crippen molar-refractivity contribution in [2.24, 2.45) is 0 Å². The molecular formula is C17H17BrFN. The van der Waals surface area contributed by atoms with Crippen LogP contribution in [0.15, 0.2) is 53.0 Å². The van der Waals surface area contributed by atoms with E-state index in [1.165, 1.54) is 5.56 Å². The molecule has 3 rings (SSSR count). The molecule has 0 spiro atoms. The molecule has 0 bridgehead atoms. The molecular weight excluding hydrogens is 317 g/mol. The Hall–Kier alpha value is -1.19. The van der Waals surface area contributed by atoms with E-state index in [9.17, 15) is 4.39 Å². The van der Waals surface area contributed by atoms with E-state index in [0.717, 1.165) is 29.5 Å². The fourth-order valence-electron chi connectivity index (χ4n) is 3.11. The molecule has 1 N–H and O–H groups in total. The molecule has 1 nitrogen and oxygen atoms in total. The normalized spacial score (nSPS) is 22.7. The summed E-state index contributed by atoms with van der Waals surface area (Å²) in [4.78, 5) is 0. The van der Waals surface area contributed by atoms with Gasteiger partial charge in [0.05, 0.1) is 0 Å². The lowest BCUT2D eigenvalue weighted by Gasteiger charge is -2.33. The van der Waals surface area contributed by atoms with Gasteiger partial charge in [-0.05, 0) is 42.1 Å². The summed E-state index contributed by atoms with van der Waals surface area (Å²) in [5.74, 6) is 0.448. The third kappa shape index (κ3) is 2.65. The van der Waals surface area contributed by atoms with Crippen molar-refractivity contribution >= 4 is 15.9 Å². The van der Waals surface area contributed by atoms with Gasteiger partial charge in [-0.25, -0.2) is 4.39 Å². The van der Waals surface area contributed by atoms with Crippen LogP contribution < -0.4 is 5.32 Å². The topological polar surface area (TPSA) is 12.0 Å². The largest absolute Gasteiger partial charge is 0.316 e. The summed E-state index contributed by atoms with van der Waals surface area (Å²) in [7, 11) is 0. The molecule has 2 aromatic carbocycles. The number of benzene rings is 2. The average molecular weight is 334 g/mol. The number of hydrogen-bond donors (Lipinski definition) is 1. The third-order valence-electron chi connectivity index (χ3n) is 4.09. The Labute approximate surface area is 127 Å². The van der Waals surface area contributed by atoms with Gasteiger partial charge in [0.15, 0.2) is 0 Å². The van der Waals surface area contributed by atoms with Gasteiger partial charge in [0.2, 0.25) is 0 Å². The first-order valence-electron chi connectivity index (χ1n) is 6.97. The molecule has 1 fully saturated rings. The Morgan fingerprint density at radius 1 is 0.950 bits per heavy atom. The quantitative estimate of drug-likeness (QED) is 0.856. The first kappa shape index (κ1) is 13.8. The van der Waals surface area contributed by atoms with Crippen LogP contribution in [0.5, 0.6) is 0 Å². The van der Waals surface area contributed by atoms with Crippen molar-refractivity contribution < 1.29 is 4.39 Å². The zero-order chi connectivity index (χ0) is 13.9. The summed E-state index contributed by atoms with van der Waals surface area (Å²) in [6.07, 6.45) is 0.965. The van der Waals surface area contributed by atoms with Crippen molar-refractivity contribution in [3.63, 3.8) is 0 Å². The van der Waals surface area contributed by atoms with Crippen molar-refractivity contribution in [3.8, 4) is 0 Å². The lowest BCUT2D eigenvalue weighted by molar-refractivity contribution is 0.392. The number of hydrogen-bond acceptors (Lipinski definition) is 1. The lowest BCUT2D eigenvalue weighted by atomic mass is 9.77. The Morgan fingerprint density at radius 2 is 1.65 bits per heavy atom. The molecule has 3 heteroatoms. The average Bonchev–Trinajstić information content (AvgIpc) is 2.48. The third-order valence-corrected chi connectivity index (χ3v) is 4.81. The van der Waals surface area contributed by atoms with Crippen LogP contribution >= 0.6 is 15.9 Å². The first-order valence-corrected chi connectivity index (χ1v) is 7.76. The molecule has 2 atom stereocenters. The van der Waals surface area contributed by atoms with Gasteiger partial charge >= 0.3 is 0 Å². The number of nitrogens with one attached hydrogen (secondary N) is 1. The maximum Gasteiger partial charge on any atom is 0.126 e. The monoisotopic (exact) mass is 333 g/mol. The van der Waals surface area contributed by atoms with Gasteiger partial charge in [-0.1, -0.05) is 52.3 Å². The van der Waals surface area contributed by atoms with Crippen molar-refractivity contribution in [1.82, 2.24) is 5.32 Å². The van der Waals surface area contributed by atoms with Crippen LogP contribution in [0.25, 0.3) is 0 Å². The van der Waals surface area contributed by atoms with Crippen LogP contribution in [0.3, 0.4) is 0 Å². The van der Waals surface area contributed by atoms with Crippen LogP contribution in [0.1, 0.15) is 29.4 Å². The maximum absolute atomic E-state index is 14.1. The summed E-state index contributed by atoms with van der Waals surface area (Å²) < 4.78 is 15.2. The SMILES string of the molecule is Fc1ccccc1C1CCNCC1c1ccccc1Br. The molecule has 0 radical (unpaired) electrons. The summed E-state index contributed by atoms with van der Waals surface area (Å²) in [5.41, 5.74) is 2.10. The molecule has 0 aromatic heterocycles. The number of rotatable bonds is 2. The van der Waals surface area contributed by atoms with Crippen LogP contribution in [-0.4, -0.2) is 13.1 Å². The summed E-state index contributed by atoms with van der Waals surface area (Å²) >= 11 is 3.63. The van der Waals surface area contributed by atoms with Crippen LogP contribution in [0.4, 0.5) is 4.39 Å². The Morgan fingerprint density at radius 3 is 2.40 bits per heavy atom. The fourth-order valence-corrected chi connectivity index (χ4v) is 3.69. The van der Waals surface area contributed by atoms with Gasteiger partial charge in [0.1, 0.15) is 5.82 Å². The lowest BCUT2D eigenvalue weighted by Crippen LogP contribution is -2.34.